The second-order valence-corrected chi connectivity index (χ2v) is 6.45. The highest BCUT2D eigenvalue weighted by molar-refractivity contribution is 5.82. The van der Waals surface area contributed by atoms with Gasteiger partial charge in [0.1, 0.15) is 5.75 Å². The van der Waals surface area contributed by atoms with E-state index in [9.17, 15) is 9.90 Å². The molecule has 1 aliphatic rings. The number of hydrogen-bond acceptors (Lipinski definition) is 4. The molecular formula is C17H26N2O3. The Kier molecular flexibility index (Phi) is 5.42. The zero-order valence-electron chi connectivity index (χ0n) is 13.6. The predicted octanol–water partition coefficient (Wildman–Crippen LogP) is 1.62. The van der Waals surface area contributed by atoms with E-state index in [-0.39, 0.29) is 24.0 Å². The molecule has 1 aromatic rings. The lowest BCUT2D eigenvalue weighted by molar-refractivity contribution is -0.129. The molecule has 2 rings (SSSR count). The van der Waals surface area contributed by atoms with E-state index in [0.29, 0.717) is 6.54 Å². The van der Waals surface area contributed by atoms with E-state index in [4.69, 9.17) is 4.74 Å². The molecule has 1 aromatic carbocycles. The number of hydrogen-bond donors (Lipinski definition) is 3. The minimum Gasteiger partial charge on any atom is -0.491 e. The fraction of sp³-hybridized carbons (Fsp3) is 0.588. The number of aliphatic hydroxyl groups is 1. The molecule has 0 aromatic heterocycles. The Bertz CT molecular complexity index is 510. The van der Waals surface area contributed by atoms with Gasteiger partial charge in [-0.2, -0.15) is 0 Å². The standard InChI is InChI=1S/C17H26N2O3/c1-12(2)22-14-6-4-5-13(9-14)15(20)10-19-16(21)17(3)7-8-18-11-17/h4-6,9,12,15,18,20H,7-8,10-11H2,1-3H3,(H,19,21). The fourth-order valence-electron chi connectivity index (χ4n) is 2.60. The number of carbonyl (C=O) groups is 1. The van der Waals surface area contributed by atoms with Crippen LogP contribution < -0.4 is 15.4 Å². The molecule has 1 amide bonds. The van der Waals surface area contributed by atoms with Gasteiger partial charge in [-0.05, 0) is 51.4 Å². The summed E-state index contributed by atoms with van der Waals surface area (Å²) in [5, 5.41) is 16.3. The van der Waals surface area contributed by atoms with Crippen LogP contribution in [0.15, 0.2) is 24.3 Å². The smallest absolute Gasteiger partial charge is 0.227 e. The first-order valence-corrected chi connectivity index (χ1v) is 7.84. The Morgan fingerprint density at radius 3 is 2.91 bits per heavy atom. The molecular weight excluding hydrogens is 280 g/mol. The molecule has 122 valence electrons. The topological polar surface area (TPSA) is 70.6 Å². The number of ether oxygens (including phenoxy) is 1. The van der Waals surface area contributed by atoms with Crippen molar-refractivity contribution < 1.29 is 14.6 Å². The highest BCUT2D eigenvalue weighted by Crippen LogP contribution is 2.25. The Balaban J connectivity index is 1.91. The van der Waals surface area contributed by atoms with Crippen molar-refractivity contribution >= 4 is 5.91 Å². The highest BCUT2D eigenvalue weighted by atomic mass is 16.5. The van der Waals surface area contributed by atoms with Gasteiger partial charge in [0.05, 0.1) is 17.6 Å². The van der Waals surface area contributed by atoms with Crippen molar-refractivity contribution in [2.45, 2.75) is 39.4 Å². The summed E-state index contributed by atoms with van der Waals surface area (Å²) in [5.74, 6) is 0.718. The van der Waals surface area contributed by atoms with Gasteiger partial charge in [-0.25, -0.2) is 0 Å². The zero-order chi connectivity index (χ0) is 16.2. The van der Waals surface area contributed by atoms with Gasteiger partial charge in [-0.15, -0.1) is 0 Å². The quantitative estimate of drug-likeness (QED) is 0.747. The number of benzene rings is 1. The molecule has 2 atom stereocenters. The van der Waals surface area contributed by atoms with E-state index in [2.05, 4.69) is 10.6 Å². The molecule has 1 aliphatic heterocycles. The summed E-state index contributed by atoms with van der Waals surface area (Å²) in [6, 6.07) is 7.36. The van der Waals surface area contributed by atoms with E-state index >= 15 is 0 Å². The lowest BCUT2D eigenvalue weighted by atomic mass is 9.89. The van der Waals surface area contributed by atoms with Crippen LogP contribution in [0, 0.1) is 5.41 Å². The molecule has 1 heterocycles. The third-order valence-electron chi connectivity index (χ3n) is 3.99. The van der Waals surface area contributed by atoms with Gasteiger partial charge in [0, 0.05) is 13.1 Å². The fourth-order valence-corrected chi connectivity index (χ4v) is 2.60. The SMILES string of the molecule is CC(C)Oc1cccc(C(O)CNC(=O)C2(C)CCNC2)c1. The Morgan fingerprint density at radius 1 is 1.50 bits per heavy atom. The molecule has 5 heteroatoms. The molecule has 1 saturated heterocycles. The average Bonchev–Trinajstić information content (AvgIpc) is 2.92. The maximum absolute atomic E-state index is 12.2. The van der Waals surface area contributed by atoms with E-state index in [1.165, 1.54) is 0 Å². The highest BCUT2D eigenvalue weighted by Gasteiger charge is 2.36. The summed E-state index contributed by atoms with van der Waals surface area (Å²) in [6.07, 6.45) is 0.173. The van der Waals surface area contributed by atoms with Crippen LogP contribution in [0.1, 0.15) is 38.9 Å². The van der Waals surface area contributed by atoms with Crippen molar-refractivity contribution in [1.82, 2.24) is 10.6 Å². The molecule has 3 N–H and O–H groups in total. The average molecular weight is 306 g/mol. The van der Waals surface area contributed by atoms with Crippen molar-refractivity contribution in [2.24, 2.45) is 5.41 Å². The maximum atomic E-state index is 12.2. The van der Waals surface area contributed by atoms with Crippen LogP contribution in [-0.2, 0) is 4.79 Å². The molecule has 0 spiro atoms. The largest absolute Gasteiger partial charge is 0.491 e. The number of amides is 1. The van der Waals surface area contributed by atoms with Gasteiger partial charge in [0.15, 0.2) is 0 Å². The molecule has 1 fully saturated rings. The van der Waals surface area contributed by atoms with Crippen LogP contribution in [0.4, 0.5) is 0 Å². The van der Waals surface area contributed by atoms with E-state index in [1.807, 2.05) is 45.0 Å². The predicted molar refractivity (Wildman–Crippen MR) is 85.8 cm³/mol. The summed E-state index contributed by atoms with van der Waals surface area (Å²) in [5.41, 5.74) is 0.371. The third kappa shape index (κ3) is 4.21. The van der Waals surface area contributed by atoms with Crippen LogP contribution in [0.25, 0.3) is 0 Å². The molecule has 2 unspecified atom stereocenters. The van der Waals surface area contributed by atoms with Gasteiger partial charge >= 0.3 is 0 Å². The second-order valence-electron chi connectivity index (χ2n) is 6.45. The minimum absolute atomic E-state index is 0.00821. The number of carbonyl (C=O) groups excluding carboxylic acids is 1. The van der Waals surface area contributed by atoms with Crippen LogP contribution in [0.2, 0.25) is 0 Å². The summed E-state index contributed by atoms with van der Waals surface area (Å²) >= 11 is 0. The van der Waals surface area contributed by atoms with E-state index in [0.717, 1.165) is 24.3 Å². The number of aliphatic hydroxyl groups excluding tert-OH is 1. The first-order chi connectivity index (χ1) is 10.4. The first-order valence-electron chi connectivity index (χ1n) is 7.84. The van der Waals surface area contributed by atoms with Crippen LogP contribution in [0.5, 0.6) is 5.75 Å². The summed E-state index contributed by atoms with van der Waals surface area (Å²) in [4.78, 5) is 12.2. The van der Waals surface area contributed by atoms with Crippen molar-refractivity contribution in [2.75, 3.05) is 19.6 Å². The third-order valence-corrected chi connectivity index (χ3v) is 3.99. The second kappa shape index (κ2) is 7.11. The number of rotatable bonds is 6. The summed E-state index contributed by atoms with van der Waals surface area (Å²) in [7, 11) is 0. The Hall–Kier alpha value is -1.59. The molecule has 22 heavy (non-hydrogen) atoms. The van der Waals surface area contributed by atoms with E-state index < -0.39 is 6.10 Å². The van der Waals surface area contributed by atoms with Crippen LogP contribution >= 0.6 is 0 Å². The van der Waals surface area contributed by atoms with Crippen LogP contribution in [0.3, 0.4) is 0 Å². The van der Waals surface area contributed by atoms with Crippen molar-refractivity contribution in [1.29, 1.82) is 0 Å². The Morgan fingerprint density at radius 2 is 2.27 bits per heavy atom. The van der Waals surface area contributed by atoms with E-state index in [1.54, 1.807) is 0 Å². The zero-order valence-corrected chi connectivity index (χ0v) is 13.6. The first kappa shape index (κ1) is 16.8. The van der Waals surface area contributed by atoms with Gasteiger partial charge < -0.3 is 20.5 Å². The van der Waals surface area contributed by atoms with Gasteiger partial charge in [-0.1, -0.05) is 12.1 Å². The maximum Gasteiger partial charge on any atom is 0.227 e. The minimum atomic E-state index is -0.738. The number of nitrogens with one attached hydrogen (secondary N) is 2. The molecule has 5 nitrogen and oxygen atoms in total. The summed E-state index contributed by atoms with van der Waals surface area (Å²) in [6.45, 7) is 7.62. The van der Waals surface area contributed by atoms with Gasteiger partial charge in [0.2, 0.25) is 5.91 Å². The van der Waals surface area contributed by atoms with Crippen molar-refractivity contribution in [3.8, 4) is 5.75 Å². The monoisotopic (exact) mass is 306 g/mol. The summed E-state index contributed by atoms with van der Waals surface area (Å²) < 4.78 is 5.62. The van der Waals surface area contributed by atoms with Gasteiger partial charge in [0.25, 0.3) is 0 Å². The lowest BCUT2D eigenvalue weighted by Crippen LogP contribution is -2.41. The molecule has 0 bridgehead atoms. The Labute approximate surface area is 132 Å². The normalized spacial score (nSPS) is 22.6. The van der Waals surface area contributed by atoms with Crippen molar-refractivity contribution in [3.05, 3.63) is 29.8 Å². The lowest BCUT2D eigenvalue weighted by Gasteiger charge is -2.23. The molecule has 0 aliphatic carbocycles. The molecule has 0 radical (unpaired) electrons. The van der Waals surface area contributed by atoms with Crippen LogP contribution in [-0.4, -0.2) is 36.8 Å². The van der Waals surface area contributed by atoms with Crippen molar-refractivity contribution in [3.63, 3.8) is 0 Å². The molecule has 0 saturated carbocycles. The van der Waals surface area contributed by atoms with Gasteiger partial charge in [-0.3, -0.25) is 4.79 Å².